The lowest BCUT2D eigenvalue weighted by atomic mass is 9.96. The van der Waals surface area contributed by atoms with E-state index in [2.05, 4.69) is 27.3 Å². The molecule has 27 heavy (non-hydrogen) atoms. The zero-order valence-corrected chi connectivity index (χ0v) is 16.2. The molecule has 1 fully saturated rings. The Morgan fingerprint density at radius 1 is 1.19 bits per heavy atom. The molecule has 2 aliphatic heterocycles. The summed E-state index contributed by atoms with van der Waals surface area (Å²) in [7, 11) is 0. The van der Waals surface area contributed by atoms with Gasteiger partial charge in [0.1, 0.15) is 5.82 Å². The molecular formula is C21H24N4OS. The number of piperidine rings is 1. The summed E-state index contributed by atoms with van der Waals surface area (Å²) >= 11 is 1.48. The minimum Gasteiger partial charge on any atom is -0.342 e. The van der Waals surface area contributed by atoms with E-state index in [-0.39, 0.29) is 5.91 Å². The maximum absolute atomic E-state index is 13.0. The van der Waals surface area contributed by atoms with E-state index in [0.717, 1.165) is 54.7 Å². The summed E-state index contributed by atoms with van der Waals surface area (Å²) in [4.78, 5) is 19.8. The summed E-state index contributed by atoms with van der Waals surface area (Å²) in [6.45, 7) is 2.72. The lowest BCUT2D eigenvalue weighted by molar-refractivity contribution is -0.131. The molecule has 5 nitrogen and oxygen atoms in total. The summed E-state index contributed by atoms with van der Waals surface area (Å²) in [5.74, 6) is 1.75. The van der Waals surface area contributed by atoms with Gasteiger partial charge in [-0.1, -0.05) is 18.2 Å². The van der Waals surface area contributed by atoms with Crippen LogP contribution in [-0.4, -0.2) is 37.8 Å². The Bertz CT molecular complexity index is 976. The minimum absolute atomic E-state index is 0.196. The highest BCUT2D eigenvalue weighted by molar-refractivity contribution is 7.13. The van der Waals surface area contributed by atoms with Crippen LogP contribution in [0, 0.1) is 0 Å². The fourth-order valence-electron chi connectivity index (χ4n) is 4.52. The normalized spacial score (nSPS) is 20.0. The second kappa shape index (κ2) is 7.08. The van der Waals surface area contributed by atoms with Crippen molar-refractivity contribution in [3.63, 3.8) is 0 Å². The van der Waals surface area contributed by atoms with Crippen LogP contribution < -0.4 is 0 Å². The predicted molar refractivity (Wildman–Crippen MR) is 107 cm³/mol. The molecular weight excluding hydrogens is 356 g/mol. The van der Waals surface area contributed by atoms with E-state index in [0.29, 0.717) is 12.3 Å². The summed E-state index contributed by atoms with van der Waals surface area (Å²) in [5, 5.41) is 1.12. The molecule has 0 aliphatic carbocycles. The van der Waals surface area contributed by atoms with Crippen LogP contribution in [0.25, 0.3) is 10.1 Å². The molecule has 1 atom stereocenters. The second-order valence-corrected chi connectivity index (χ2v) is 8.50. The Hall–Kier alpha value is -2.21. The molecule has 0 N–H and O–H groups in total. The average Bonchev–Trinajstić information content (AvgIpc) is 3.33. The van der Waals surface area contributed by atoms with Gasteiger partial charge in [0.25, 0.3) is 0 Å². The number of fused-ring (bicyclic) bond motifs is 2. The van der Waals surface area contributed by atoms with E-state index in [1.54, 1.807) is 0 Å². The van der Waals surface area contributed by atoms with Gasteiger partial charge in [-0.05, 0) is 49.7 Å². The van der Waals surface area contributed by atoms with Gasteiger partial charge in [0.15, 0.2) is 0 Å². The monoisotopic (exact) mass is 380 g/mol. The molecule has 0 unspecified atom stereocenters. The highest BCUT2D eigenvalue weighted by atomic mass is 32.1. The maximum Gasteiger partial charge on any atom is 0.228 e. The van der Waals surface area contributed by atoms with Crippen LogP contribution in [0.5, 0.6) is 0 Å². The van der Waals surface area contributed by atoms with Crippen molar-refractivity contribution in [1.29, 1.82) is 0 Å². The number of aromatic nitrogens is 3. The Labute approximate surface area is 163 Å². The van der Waals surface area contributed by atoms with E-state index in [4.69, 9.17) is 4.98 Å². The first kappa shape index (κ1) is 16.9. The van der Waals surface area contributed by atoms with Crippen molar-refractivity contribution in [2.24, 2.45) is 0 Å². The van der Waals surface area contributed by atoms with Crippen molar-refractivity contribution in [2.75, 3.05) is 13.1 Å². The standard InChI is InChI=1S/C21H24N4OS/c26-20(12-18-17-8-1-2-9-19(17)27-23-18)24-10-5-6-15(14-24)21-22-13-16-7-3-4-11-25(16)21/h1-2,8-9,13,15H,3-7,10-12,14H2/t15-/m1/s1. The number of carbonyl (C=O) groups excluding carboxylic acids is 1. The van der Waals surface area contributed by atoms with Gasteiger partial charge in [-0.3, -0.25) is 4.79 Å². The first-order valence-electron chi connectivity index (χ1n) is 9.95. The smallest absolute Gasteiger partial charge is 0.228 e. The number of aryl methyl sites for hydroxylation is 1. The number of nitrogens with zero attached hydrogens (tertiary/aromatic N) is 4. The first-order valence-corrected chi connectivity index (χ1v) is 10.7. The number of amides is 1. The molecule has 5 rings (SSSR count). The predicted octanol–water partition coefficient (Wildman–Crippen LogP) is 3.78. The molecule has 140 valence electrons. The SMILES string of the molecule is O=C(Cc1nsc2ccccc12)N1CCC[C@@H](c2ncc3n2CCCC3)C1. The van der Waals surface area contributed by atoms with Crippen LogP contribution in [0.15, 0.2) is 30.5 Å². The summed E-state index contributed by atoms with van der Waals surface area (Å²) in [6.07, 6.45) is 8.27. The number of likely N-dealkylation sites (tertiary alicyclic amines) is 1. The molecule has 2 aliphatic rings. The Balaban J connectivity index is 1.32. The first-order chi connectivity index (χ1) is 13.3. The Morgan fingerprint density at radius 2 is 2.11 bits per heavy atom. The van der Waals surface area contributed by atoms with Gasteiger partial charge in [-0.25, -0.2) is 4.98 Å². The fraction of sp³-hybridized carbons (Fsp3) is 0.476. The minimum atomic E-state index is 0.196. The number of imidazole rings is 1. The zero-order valence-electron chi connectivity index (χ0n) is 15.4. The van der Waals surface area contributed by atoms with Crippen molar-refractivity contribution >= 4 is 27.5 Å². The molecule has 0 radical (unpaired) electrons. The van der Waals surface area contributed by atoms with E-state index in [1.807, 2.05) is 17.0 Å². The molecule has 0 spiro atoms. The number of hydrogen-bond donors (Lipinski definition) is 0. The van der Waals surface area contributed by atoms with Crippen LogP contribution in [0.4, 0.5) is 0 Å². The van der Waals surface area contributed by atoms with Crippen molar-refractivity contribution < 1.29 is 4.79 Å². The van der Waals surface area contributed by atoms with Crippen molar-refractivity contribution in [3.05, 3.63) is 47.7 Å². The number of hydrogen-bond acceptors (Lipinski definition) is 4. The lowest BCUT2D eigenvalue weighted by Crippen LogP contribution is -2.40. The molecule has 0 bridgehead atoms. The summed E-state index contributed by atoms with van der Waals surface area (Å²) in [5.41, 5.74) is 2.29. The van der Waals surface area contributed by atoms with Gasteiger partial charge in [0.2, 0.25) is 5.91 Å². The third-order valence-electron chi connectivity index (χ3n) is 5.94. The lowest BCUT2D eigenvalue weighted by Gasteiger charge is -2.33. The number of carbonyl (C=O) groups is 1. The summed E-state index contributed by atoms with van der Waals surface area (Å²) in [6, 6.07) is 8.17. The van der Waals surface area contributed by atoms with Crippen molar-refractivity contribution in [2.45, 2.75) is 51.0 Å². The van der Waals surface area contributed by atoms with Crippen LogP contribution in [0.3, 0.4) is 0 Å². The highest BCUT2D eigenvalue weighted by Gasteiger charge is 2.29. The number of rotatable bonds is 3. The molecule has 3 aromatic rings. The van der Waals surface area contributed by atoms with Crippen LogP contribution >= 0.6 is 11.5 Å². The van der Waals surface area contributed by atoms with Crippen molar-refractivity contribution in [1.82, 2.24) is 18.8 Å². The molecule has 0 saturated carbocycles. The van der Waals surface area contributed by atoms with Gasteiger partial charge < -0.3 is 9.47 Å². The van der Waals surface area contributed by atoms with Gasteiger partial charge in [-0.15, -0.1) is 0 Å². The summed E-state index contributed by atoms with van der Waals surface area (Å²) < 4.78 is 8.10. The van der Waals surface area contributed by atoms with Gasteiger partial charge in [-0.2, -0.15) is 4.37 Å². The second-order valence-electron chi connectivity index (χ2n) is 7.70. The molecule has 1 saturated heterocycles. The van der Waals surface area contributed by atoms with Crippen molar-refractivity contribution in [3.8, 4) is 0 Å². The molecule has 1 aromatic carbocycles. The third kappa shape index (κ3) is 3.16. The Morgan fingerprint density at radius 3 is 3.07 bits per heavy atom. The van der Waals surface area contributed by atoms with E-state index in [1.165, 1.54) is 35.9 Å². The van der Waals surface area contributed by atoms with Gasteiger partial charge >= 0.3 is 0 Å². The van der Waals surface area contributed by atoms with Crippen LogP contribution in [-0.2, 0) is 24.2 Å². The molecule has 4 heterocycles. The topological polar surface area (TPSA) is 51.0 Å². The largest absolute Gasteiger partial charge is 0.342 e. The van der Waals surface area contributed by atoms with Crippen LogP contribution in [0.2, 0.25) is 0 Å². The maximum atomic E-state index is 13.0. The fourth-order valence-corrected chi connectivity index (χ4v) is 5.32. The third-order valence-corrected chi connectivity index (χ3v) is 6.81. The van der Waals surface area contributed by atoms with E-state index < -0.39 is 0 Å². The van der Waals surface area contributed by atoms with E-state index in [9.17, 15) is 4.79 Å². The average molecular weight is 381 g/mol. The quantitative estimate of drug-likeness (QED) is 0.695. The Kier molecular flexibility index (Phi) is 4.44. The zero-order chi connectivity index (χ0) is 18.2. The van der Waals surface area contributed by atoms with Crippen LogP contribution in [0.1, 0.15) is 48.8 Å². The molecule has 6 heteroatoms. The number of benzene rings is 1. The molecule has 1 amide bonds. The van der Waals surface area contributed by atoms with Gasteiger partial charge in [0, 0.05) is 42.8 Å². The molecule has 2 aromatic heterocycles. The van der Waals surface area contributed by atoms with Gasteiger partial charge in [0.05, 0.1) is 16.8 Å². The highest BCUT2D eigenvalue weighted by Crippen LogP contribution is 2.30. The van der Waals surface area contributed by atoms with E-state index >= 15 is 0 Å².